The van der Waals surface area contributed by atoms with Crippen molar-refractivity contribution in [3.63, 3.8) is 0 Å². The Kier molecular flexibility index (Phi) is 4.50. The van der Waals surface area contributed by atoms with Gasteiger partial charge in [0.15, 0.2) is 17.3 Å². The van der Waals surface area contributed by atoms with E-state index in [4.69, 9.17) is 9.47 Å². The summed E-state index contributed by atoms with van der Waals surface area (Å²) >= 11 is 0. The molecule has 4 nitrogen and oxygen atoms in total. The molecular formula is C16H15NO3. The van der Waals surface area contributed by atoms with E-state index < -0.39 is 0 Å². The Bertz CT molecular complexity index is 621. The van der Waals surface area contributed by atoms with E-state index in [1.54, 1.807) is 43.8 Å². The third-order valence-electron chi connectivity index (χ3n) is 2.78. The van der Waals surface area contributed by atoms with Crippen molar-refractivity contribution in [2.24, 2.45) is 0 Å². The number of ether oxygens (including phenoxy) is 2. The molecule has 0 radical (unpaired) electrons. The molecule has 0 fully saturated rings. The number of carbonyl (C=O) groups excluding carboxylic acids is 1. The summed E-state index contributed by atoms with van der Waals surface area (Å²) in [6.45, 7) is 0. The molecule has 0 saturated carbocycles. The van der Waals surface area contributed by atoms with Crippen LogP contribution in [0.5, 0.6) is 11.5 Å². The van der Waals surface area contributed by atoms with Crippen LogP contribution in [-0.2, 0) is 0 Å². The van der Waals surface area contributed by atoms with Crippen LogP contribution in [0, 0.1) is 0 Å². The van der Waals surface area contributed by atoms with Gasteiger partial charge >= 0.3 is 0 Å². The molecule has 102 valence electrons. The number of pyridine rings is 1. The first-order valence-electron chi connectivity index (χ1n) is 6.09. The highest BCUT2D eigenvalue weighted by molar-refractivity contribution is 6.07. The van der Waals surface area contributed by atoms with Gasteiger partial charge in [0.2, 0.25) is 0 Å². The van der Waals surface area contributed by atoms with Crippen molar-refractivity contribution in [2.75, 3.05) is 14.2 Å². The van der Waals surface area contributed by atoms with Gasteiger partial charge in [-0.1, -0.05) is 6.07 Å². The normalized spacial score (nSPS) is 10.5. The number of allylic oxidation sites excluding steroid dienone is 1. The molecule has 4 heteroatoms. The Morgan fingerprint density at radius 1 is 1.15 bits per heavy atom. The van der Waals surface area contributed by atoms with Crippen LogP contribution < -0.4 is 9.47 Å². The molecule has 2 aromatic rings. The summed E-state index contributed by atoms with van der Waals surface area (Å²) in [7, 11) is 3.10. The highest BCUT2D eigenvalue weighted by Gasteiger charge is 2.08. The Balaban J connectivity index is 2.19. The lowest BCUT2D eigenvalue weighted by molar-refractivity contribution is 0.104. The molecule has 0 unspecified atom stereocenters. The van der Waals surface area contributed by atoms with Gasteiger partial charge in [-0.25, -0.2) is 0 Å². The van der Waals surface area contributed by atoms with Crippen LogP contribution in [0.1, 0.15) is 15.9 Å². The number of benzene rings is 1. The zero-order valence-corrected chi connectivity index (χ0v) is 11.4. The minimum Gasteiger partial charge on any atom is -0.493 e. The lowest BCUT2D eigenvalue weighted by Gasteiger charge is -2.07. The lowest BCUT2D eigenvalue weighted by atomic mass is 10.1. The molecule has 1 heterocycles. The third-order valence-corrected chi connectivity index (χ3v) is 2.78. The average Bonchev–Trinajstić information content (AvgIpc) is 2.52. The predicted octanol–water partition coefficient (Wildman–Crippen LogP) is 2.99. The summed E-state index contributed by atoms with van der Waals surface area (Å²) in [5.41, 5.74) is 1.42. The van der Waals surface area contributed by atoms with Crippen LogP contribution in [-0.4, -0.2) is 25.0 Å². The molecule has 0 saturated heterocycles. The second-order valence-corrected chi connectivity index (χ2v) is 4.05. The number of carbonyl (C=O) groups is 1. The zero-order chi connectivity index (χ0) is 14.4. The van der Waals surface area contributed by atoms with Crippen molar-refractivity contribution in [3.05, 3.63) is 59.9 Å². The molecule has 0 aliphatic carbocycles. The topological polar surface area (TPSA) is 48.4 Å². The van der Waals surface area contributed by atoms with Crippen molar-refractivity contribution in [2.45, 2.75) is 0 Å². The van der Waals surface area contributed by atoms with E-state index in [-0.39, 0.29) is 5.78 Å². The van der Waals surface area contributed by atoms with Gasteiger partial charge in [0.05, 0.1) is 14.2 Å². The zero-order valence-electron chi connectivity index (χ0n) is 11.4. The van der Waals surface area contributed by atoms with E-state index in [9.17, 15) is 4.79 Å². The van der Waals surface area contributed by atoms with Crippen LogP contribution in [0.2, 0.25) is 0 Å². The van der Waals surface area contributed by atoms with Crippen LogP contribution in [0.15, 0.2) is 48.8 Å². The Labute approximate surface area is 117 Å². The summed E-state index contributed by atoms with van der Waals surface area (Å²) in [4.78, 5) is 16.1. The quantitative estimate of drug-likeness (QED) is 0.618. The molecule has 1 aromatic carbocycles. The van der Waals surface area contributed by atoms with Crippen LogP contribution in [0.4, 0.5) is 0 Å². The summed E-state index contributed by atoms with van der Waals surface area (Å²) in [6.07, 6.45) is 6.62. The second kappa shape index (κ2) is 6.52. The Morgan fingerprint density at radius 2 is 1.95 bits per heavy atom. The largest absolute Gasteiger partial charge is 0.493 e. The van der Waals surface area contributed by atoms with E-state index in [0.717, 1.165) is 5.56 Å². The van der Waals surface area contributed by atoms with Gasteiger partial charge in [0.25, 0.3) is 0 Å². The van der Waals surface area contributed by atoms with E-state index >= 15 is 0 Å². The standard InChI is InChI=1S/C16H15NO3/c1-19-15-8-6-13(10-16(15)20-2)14(18)7-5-12-4-3-9-17-11-12/h3-11H,1-2H3/b7-5+. The molecular weight excluding hydrogens is 254 g/mol. The van der Waals surface area contributed by atoms with Crippen molar-refractivity contribution >= 4 is 11.9 Å². The van der Waals surface area contributed by atoms with Gasteiger partial charge in [0.1, 0.15) is 0 Å². The second-order valence-electron chi connectivity index (χ2n) is 4.05. The van der Waals surface area contributed by atoms with Crippen molar-refractivity contribution in [3.8, 4) is 11.5 Å². The van der Waals surface area contributed by atoms with Gasteiger partial charge in [-0.15, -0.1) is 0 Å². The van der Waals surface area contributed by atoms with E-state index in [1.807, 2.05) is 12.1 Å². The van der Waals surface area contributed by atoms with Gasteiger partial charge in [0, 0.05) is 18.0 Å². The van der Waals surface area contributed by atoms with E-state index in [1.165, 1.54) is 13.2 Å². The fraction of sp³-hybridized carbons (Fsp3) is 0.125. The van der Waals surface area contributed by atoms with Gasteiger partial charge in [-0.05, 0) is 42.0 Å². The molecule has 0 N–H and O–H groups in total. The molecule has 0 amide bonds. The summed E-state index contributed by atoms with van der Waals surface area (Å²) in [6, 6.07) is 8.78. The number of rotatable bonds is 5. The fourth-order valence-corrected chi connectivity index (χ4v) is 1.73. The first-order valence-corrected chi connectivity index (χ1v) is 6.09. The highest BCUT2D eigenvalue weighted by atomic mass is 16.5. The lowest BCUT2D eigenvalue weighted by Crippen LogP contribution is -1.97. The van der Waals surface area contributed by atoms with E-state index in [2.05, 4.69) is 4.98 Å². The molecule has 0 aliphatic rings. The maximum absolute atomic E-state index is 12.1. The Morgan fingerprint density at radius 3 is 2.60 bits per heavy atom. The number of hydrogen-bond acceptors (Lipinski definition) is 4. The fourth-order valence-electron chi connectivity index (χ4n) is 1.73. The SMILES string of the molecule is COc1ccc(C(=O)/C=C/c2cccnc2)cc1OC. The van der Waals surface area contributed by atoms with Crippen LogP contribution >= 0.6 is 0 Å². The summed E-state index contributed by atoms with van der Waals surface area (Å²) in [5.74, 6) is 1.03. The van der Waals surface area contributed by atoms with Crippen molar-refractivity contribution in [1.82, 2.24) is 4.98 Å². The predicted molar refractivity (Wildman–Crippen MR) is 77.1 cm³/mol. The summed E-state index contributed by atoms with van der Waals surface area (Å²) < 4.78 is 10.3. The molecule has 0 aliphatic heterocycles. The molecule has 2 rings (SSSR count). The van der Waals surface area contributed by atoms with Gasteiger partial charge in [-0.2, -0.15) is 0 Å². The van der Waals surface area contributed by atoms with Gasteiger partial charge < -0.3 is 9.47 Å². The Hall–Kier alpha value is -2.62. The van der Waals surface area contributed by atoms with Crippen molar-refractivity contribution in [1.29, 1.82) is 0 Å². The van der Waals surface area contributed by atoms with Gasteiger partial charge in [-0.3, -0.25) is 9.78 Å². The monoisotopic (exact) mass is 269 g/mol. The molecule has 0 atom stereocenters. The minimum absolute atomic E-state index is 0.102. The first kappa shape index (κ1) is 13.8. The number of ketones is 1. The number of aromatic nitrogens is 1. The van der Waals surface area contributed by atoms with Crippen LogP contribution in [0.25, 0.3) is 6.08 Å². The maximum atomic E-state index is 12.1. The molecule has 0 bridgehead atoms. The van der Waals surface area contributed by atoms with Crippen LogP contribution in [0.3, 0.4) is 0 Å². The number of nitrogens with zero attached hydrogens (tertiary/aromatic N) is 1. The highest BCUT2D eigenvalue weighted by Crippen LogP contribution is 2.27. The molecule has 20 heavy (non-hydrogen) atoms. The first-order chi connectivity index (χ1) is 9.74. The summed E-state index contributed by atoms with van der Waals surface area (Å²) in [5, 5.41) is 0. The molecule has 0 spiro atoms. The average molecular weight is 269 g/mol. The number of hydrogen-bond donors (Lipinski definition) is 0. The number of methoxy groups -OCH3 is 2. The minimum atomic E-state index is -0.102. The molecule has 1 aromatic heterocycles. The third kappa shape index (κ3) is 3.23. The van der Waals surface area contributed by atoms with E-state index in [0.29, 0.717) is 17.1 Å². The maximum Gasteiger partial charge on any atom is 0.185 e. The smallest absolute Gasteiger partial charge is 0.185 e. The van der Waals surface area contributed by atoms with Crippen molar-refractivity contribution < 1.29 is 14.3 Å².